The molecule has 0 bridgehead atoms. The van der Waals surface area contributed by atoms with E-state index in [1.807, 2.05) is 6.92 Å². The molecule has 3 aromatic rings. The first-order chi connectivity index (χ1) is 15.7. The fourth-order valence-corrected chi connectivity index (χ4v) is 4.92. The lowest BCUT2D eigenvalue weighted by molar-refractivity contribution is -0.126. The number of carbonyl (C=O) groups excluding carboxylic acids is 1. The van der Waals surface area contributed by atoms with Crippen molar-refractivity contribution in [2.45, 2.75) is 45.2 Å². The zero-order chi connectivity index (χ0) is 21.9. The van der Waals surface area contributed by atoms with E-state index in [4.69, 9.17) is 4.52 Å². The number of benzene rings is 1. The number of likely N-dealkylation sites (tertiary alicyclic amines) is 1. The predicted octanol–water partition coefficient (Wildman–Crippen LogP) is 2.92. The second kappa shape index (κ2) is 9.24. The number of amides is 1. The van der Waals surface area contributed by atoms with Crippen molar-refractivity contribution in [1.29, 1.82) is 0 Å². The van der Waals surface area contributed by atoms with Crippen LogP contribution < -0.4 is 10.2 Å². The third-order valence-electron chi connectivity index (χ3n) is 6.70. The molecule has 0 saturated carbocycles. The quantitative estimate of drug-likeness (QED) is 0.661. The molecule has 0 aliphatic carbocycles. The third kappa shape index (κ3) is 4.46. The Kier molecular flexibility index (Phi) is 6.03. The number of rotatable bonds is 5. The van der Waals surface area contributed by atoms with Gasteiger partial charge in [-0.05, 0) is 38.2 Å². The fraction of sp³-hybridized carbons (Fsp3) is 0.500. The molecule has 1 aromatic carbocycles. The smallest absolute Gasteiger partial charge is 0.263 e. The lowest BCUT2D eigenvalue weighted by Gasteiger charge is -2.36. The summed E-state index contributed by atoms with van der Waals surface area (Å²) in [4.78, 5) is 26.4. The lowest BCUT2D eigenvalue weighted by Crippen LogP contribution is -2.49. The highest BCUT2D eigenvalue weighted by molar-refractivity contribution is 5.88. The molecule has 2 aliphatic rings. The number of hydrogen-bond acceptors (Lipinski definition) is 7. The lowest BCUT2D eigenvalue weighted by atomic mass is 9.95. The Hall–Kier alpha value is -3.00. The van der Waals surface area contributed by atoms with Crippen LogP contribution in [0.25, 0.3) is 11.1 Å². The van der Waals surface area contributed by atoms with Gasteiger partial charge in [0.05, 0.1) is 11.6 Å². The average molecular weight is 435 g/mol. The third-order valence-corrected chi connectivity index (χ3v) is 6.70. The van der Waals surface area contributed by atoms with Crippen molar-refractivity contribution in [3.63, 3.8) is 0 Å². The maximum Gasteiger partial charge on any atom is 0.263 e. The number of fused-ring (bicyclic) bond motifs is 1. The monoisotopic (exact) mass is 434 g/mol. The molecule has 8 heteroatoms. The van der Waals surface area contributed by atoms with Gasteiger partial charge in [0.1, 0.15) is 17.5 Å². The average Bonchev–Trinajstić information content (AvgIpc) is 3.22. The van der Waals surface area contributed by atoms with Crippen molar-refractivity contribution in [3.8, 4) is 0 Å². The van der Waals surface area contributed by atoms with E-state index in [9.17, 15) is 4.79 Å². The van der Waals surface area contributed by atoms with Crippen LogP contribution in [0.4, 0.5) is 5.82 Å². The molecule has 168 valence electrons. The van der Waals surface area contributed by atoms with Crippen molar-refractivity contribution in [2.75, 3.05) is 31.1 Å². The largest absolute Gasteiger partial charge is 0.355 e. The maximum absolute atomic E-state index is 13.1. The molecular weight excluding hydrogens is 404 g/mol. The number of anilines is 1. The molecule has 2 aliphatic heterocycles. The van der Waals surface area contributed by atoms with Crippen LogP contribution in [0.1, 0.15) is 36.9 Å². The fourth-order valence-electron chi connectivity index (χ4n) is 4.92. The standard InChI is InChI=1S/C24H30N6O2/c1-17-21-22(25-16-26-24(21)32-28-17)30-11-5-8-19(15-30)23(31)27-20-9-12-29(13-10-20)14-18-6-3-2-4-7-18/h2-4,6-7,16,19-20H,5,8-15H2,1H3,(H,27,31)/t19-/m1/s1. The second-order valence-corrected chi connectivity index (χ2v) is 8.98. The van der Waals surface area contributed by atoms with Gasteiger partial charge in [-0.15, -0.1) is 0 Å². The molecule has 0 unspecified atom stereocenters. The van der Waals surface area contributed by atoms with Gasteiger partial charge >= 0.3 is 0 Å². The van der Waals surface area contributed by atoms with E-state index in [1.165, 1.54) is 11.9 Å². The summed E-state index contributed by atoms with van der Waals surface area (Å²) >= 11 is 0. The van der Waals surface area contributed by atoms with E-state index in [2.05, 4.69) is 60.6 Å². The Bertz CT molecular complexity index is 1060. The highest BCUT2D eigenvalue weighted by Crippen LogP contribution is 2.29. The van der Waals surface area contributed by atoms with Gasteiger partial charge < -0.3 is 14.7 Å². The van der Waals surface area contributed by atoms with Crippen molar-refractivity contribution in [3.05, 3.63) is 47.9 Å². The van der Waals surface area contributed by atoms with Crippen molar-refractivity contribution in [2.24, 2.45) is 5.92 Å². The van der Waals surface area contributed by atoms with Crippen molar-refractivity contribution >= 4 is 22.8 Å². The maximum atomic E-state index is 13.1. The van der Waals surface area contributed by atoms with Crippen LogP contribution in [0, 0.1) is 12.8 Å². The van der Waals surface area contributed by atoms with Gasteiger partial charge in [0.25, 0.3) is 5.71 Å². The summed E-state index contributed by atoms with van der Waals surface area (Å²) in [5, 5.41) is 8.21. The van der Waals surface area contributed by atoms with Gasteiger partial charge in [-0.3, -0.25) is 9.69 Å². The topological polar surface area (TPSA) is 87.4 Å². The summed E-state index contributed by atoms with van der Waals surface area (Å²) in [7, 11) is 0. The summed E-state index contributed by atoms with van der Waals surface area (Å²) in [5.74, 6) is 0.959. The number of nitrogens with zero attached hydrogens (tertiary/aromatic N) is 5. The van der Waals surface area contributed by atoms with Gasteiger partial charge in [-0.1, -0.05) is 35.5 Å². The van der Waals surface area contributed by atoms with Crippen LogP contribution in [0.15, 0.2) is 41.2 Å². The molecule has 2 aromatic heterocycles. The molecule has 32 heavy (non-hydrogen) atoms. The van der Waals surface area contributed by atoms with E-state index < -0.39 is 0 Å². The molecule has 0 spiro atoms. The van der Waals surface area contributed by atoms with Crippen molar-refractivity contribution < 1.29 is 9.32 Å². The van der Waals surface area contributed by atoms with Crippen LogP contribution >= 0.6 is 0 Å². The number of piperidine rings is 2. The summed E-state index contributed by atoms with van der Waals surface area (Å²) in [6.07, 6.45) is 5.38. The summed E-state index contributed by atoms with van der Waals surface area (Å²) in [6.45, 7) is 6.45. The van der Waals surface area contributed by atoms with Gasteiger partial charge in [0.2, 0.25) is 5.91 Å². The highest BCUT2D eigenvalue weighted by atomic mass is 16.5. The molecule has 5 rings (SSSR count). The molecular formula is C24H30N6O2. The van der Waals surface area contributed by atoms with Crippen LogP contribution in [-0.4, -0.2) is 58.2 Å². The molecule has 1 amide bonds. The number of carbonyl (C=O) groups is 1. The van der Waals surface area contributed by atoms with Crippen LogP contribution in [0.5, 0.6) is 0 Å². The number of aryl methyl sites for hydroxylation is 1. The summed E-state index contributed by atoms with van der Waals surface area (Å²) < 4.78 is 5.29. The van der Waals surface area contributed by atoms with E-state index >= 15 is 0 Å². The molecule has 8 nitrogen and oxygen atoms in total. The van der Waals surface area contributed by atoms with E-state index in [1.54, 1.807) is 0 Å². The van der Waals surface area contributed by atoms with Crippen LogP contribution in [0.2, 0.25) is 0 Å². The zero-order valence-corrected chi connectivity index (χ0v) is 18.5. The SMILES string of the molecule is Cc1noc2ncnc(N3CCC[C@@H](C(=O)NC4CCN(Cc5ccccc5)CC4)C3)c12. The first-order valence-electron chi connectivity index (χ1n) is 11.6. The molecule has 4 heterocycles. The molecule has 1 N–H and O–H groups in total. The van der Waals surface area contributed by atoms with Gasteiger partial charge in [0.15, 0.2) is 0 Å². The molecule has 2 fully saturated rings. The Morgan fingerprint density at radius 2 is 1.94 bits per heavy atom. The Labute approximate surface area is 188 Å². The zero-order valence-electron chi connectivity index (χ0n) is 18.5. The molecule has 0 radical (unpaired) electrons. The van der Waals surface area contributed by atoms with Gasteiger partial charge in [-0.2, -0.15) is 4.98 Å². The Morgan fingerprint density at radius 3 is 2.75 bits per heavy atom. The second-order valence-electron chi connectivity index (χ2n) is 8.98. The van der Waals surface area contributed by atoms with Gasteiger partial charge in [-0.25, -0.2) is 4.98 Å². The van der Waals surface area contributed by atoms with Crippen LogP contribution in [0.3, 0.4) is 0 Å². The van der Waals surface area contributed by atoms with Gasteiger partial charge in [0, 0.05) is 38.8 Å². The predicted molar refractivity (Wildman–Crippen MR) is 122 cm³/mol. The summed E-state index contributed by atoms with van der Waals surface area (Å²) in [5.41, 5.74) is 2.63. The van der Waals surface area contributed by atoms with E-state index in [-0.39, 0.29) is 17.9 Å². The number of aromatic nitrogens is 3. The minimum Gasteiger partial charge on any atom is -0.355 e. The van der Waals surface area contributed by atoms with Crippen molar-refractivity contribution in [1.82, 2.24) is 25.3 Å². The minimum atomic E-state index is -0.0312. The Morgan fingerprint density at radius 1 is 1.12 bits per heavy atom. The summed E-state index contributed by atoms with van der Waals surface area (Å²) in [6, 6.07) is 10.8. The number of nitrogens with one attached hydrogen (secondary N) is 1. The highest BCUT2D eigenvalue weighted by Gasteiger charge is 2.30. The van der Waals surface area contributed by atoms with E-state index in [0.29, 0.717) is 12.3 Å². The Balaban J connectivity index is 1.16. The normalized spacial score (nSPS) is 20.5. The van der Waals surface area contributed by atoms with E-state index in [0.717, 1.165) is 68.8 Å². The first-order valence-corrected chi connectivity index (χ1v) is 11.6. The molecule has 2 saturated heterocycles. The molecule has 1 atom stereocenters. The number of hydrogen-bond donors (Lipinski definition) is 1. The van der Waals surface area contributed by atoms with Crippen LogP contribution in [-0.2, 0) is 11.3 Å². The first kappa shape index (κ1) is 20.9. The minimum absolute atomic E-state index is 0.0312.